The van der Waals surface area contributed by atoms with Gasteiger partial charge in [-0.05, 0) is 40.8 Å². The van der Waals surface area contributed by atoms with Gasteiger partial charge in [-0.1, -0.05) is 24.3 Å². The van der Waals surface area contributed by atoms with Gasteiger partial charge in [0.25, 0.3) is 0 Å². The maximum Gasteiger partial charge on any atom is 0.181 e. The third-order valence-electron chi connectivity index (χ3n) is 6.50. The van der Waals surface area contributed by atoms with Crippen molar-refractivity contribution >= 4 is 46.9 Å². The van der Waals surface area contributed by atoms with Crippen LogP contribution in [0.2, 0.25) is 0 Å². The molecule has 1 N–H and O–H groups in total. The van der Waals surface area contributed by atoms with Crippen LogP contribution in [0.15, 0.2) is 67.3 Å². The number of imidazole rings is 1. The highest BCUT2D eigenvalue weighted by atomic mass is 35.5. The number of aromatic nitrogens is 9. The van der Waals surface area contributed by atoms with Gasteiger partial charge in [0.1, 0.15) is 0 Å². The monoisotopic (exact) mass is 538 g/mol. The lowest BCUT2D eigenvalue weighted by Gasteiger charge is -2.28. The highest BCUT2D eigenvalue weighted by Crippen LogP contribution is 2.28. The molecule has 11 nitrogen and oxygen atoms in total. The molecule has 12 heteroatoms. The lowest BCUT2D eigenvalue weighted by molar-refractivity contribution is 0.122. The minimum atomic E-state index is 0. The molecule has 194 valence electrons. The molecule has 1 fully saturated rings. The summed E-state index contributed by atoms with van der Waals surface area (Å²) in [5.74, 6) is 1.37. The summed E-state index contributed by atoms with van der Waals surface area (Å²) in [5.41, 5.74) is 5.89. The fraction of sp³-hybridized carbons (Fsp3) is 0.148. The van der Waals surface area contributed by atoms with Crippen molar-refractivity contribution in [1.82, 2.24) is 45.0 Å². The summed E-state index contributed by atoms with van der Waals surface area (Å²) in [6.45, 7) is 2.84. The second-order valence-electron chi connectivity index (χ2n) is 8.90. The second-order valence-corrected chi connectivity index (χ2v) is 8.90. The average molecular weight is 539 g/mol. The van der Waals surface area contributed by atoms with Crippen molar-refractivity contribution in [3.05, 3.63) is 78.6 Å². The molecule has 0 unspecified atom stereocenters. The Hall–Kier alpha value is -4.74. The molecule has 5 aromatic heterocycles. The van der Waals surface area contributed by atoms with Gasteiger partial charge >= 0.3 is 0 Å². The maximum absolute atomic E-state index is 5.56. The molecule has 0 radical (unpaired) electrons. The number of pyridine rings is 2. The number of benzene rings is 1. The molecule has 0 spiro atoms. The van der Waals surface area contributed by atoms with E-state index in [1.807, 2.05) is 54.9 Å². The molecule has 0 bridgehead atoms. The number of hydrogen-bond donors (Lipinski definition) is 1. The number of nitrogens with zero attached hydrogens (tertiary/aromatic N) is 9. The van der Waals surface area contributed by atoms with E-state index < -0.39 is 0 Å². The zero-order valence-corrected chi connectivity index (χ0v) is 21.5. The van der Waals surface area contributed by atoms with Crippen molar-refractivity contribution in [2.75, 3.05) is 31.2 Å². The number of aromatic amines is 1. The molecule has 0 atom stereocenters. The van der Waals surface area contributed by atoms with E-state index in [9.17, 15) is 0 Å². The van der Waals surface area contributed by atoms with Crippen LogP contribution in [-0.2, 0) is 4.74 Å². The standard InChI is InChI=1S/C27H22N10O.ClH/c1-2-4-23-18(3-1)5-6-21(30-23)7-8-22-17-37-24(19-13-20(15-28-14-19)25-32-34-35-33-25)16-29-26(27(37)31-22)36-9-11-38-12-10-36;/h1-8,13-17H,9-12H2,(H,32,33,34,35);1H/b8-7+;. The normalized spacial score (nSPS) is 13.8. The zero-order chi connectivity index (χ0) is 25.3. The average Bonchev–Trinajstić information content (AvgIpc) is 3.67. The zero-order valence-electron chi connectivity index (χ0n) is 20.7. The van der Waals surface area contributed by atoms with Crippen LogP contribution in [0.5, 0.6) is 0 Å². The predicted molar refractivity (Wildman–Crippen MR) is 150 cm³/mol. The molecule has 1 aliphatic heterocycles. The Morgan fingerprint density at radius 3 is 2.62 bits per heavy atom. The van der Waals surface area contributed by atoms with E-state index in [1.54, 1.807) is 12.4 Å². The number of ether oxygens (including phenoxy) is 1. The van der Waals surface area contributed by atoms with E-state index in [0.717, 1.165) is 63.7 Å². The quantitative estimate of drug-likeness (QED) is 0.347. The summed E-state index contributed by atoms with van der Waals surface area (Å²) in [4.78, 5) is 21.2. The summed E-state index contributed by atoms with van der Waals surface area (Å²) >= 11 is 0. The van der Waals surface area contributed by atoms with Crippen molar-refractivity contribution in [2.45, 2.75) is 0 Å². The van der Waals surface area contributed by atoms with Crippen molar-refractivity contribution in [2.24, 2.45) is 0 Å². The Labute approximate surface area is 229 Å². The molecular weight excluding hydrogens is 516 g/mol. The Morgan fingerprint density at radius 1 is 0.897 bits per heavy atom. The Balaban J connectivity index is 0.00000277. The number of anilines is 1. The number of hydrogen-bond acceptors (Lipinski definition) is 9. The first-order chi connectivity index (χ1) is 18.8. The summed E-state index contributed by atoms with van der Waals surface area (Å²) < 4.78 is 7.62. The van der Waals surface area contributed by atoms with E-state index in [1.165, 1.54) is 0 Å². The van der Waals surface area contributed by atoms with E-state index in [2.05, 4.69) is 47.0 Å². The molecule has 6 aromatic rings. The predicted octanol–water partition coefficient (Wildman–Crippen LogP) is 3.95. The Bertz CT molecular complexity index is 1780. The van der Waals surface area contributed by atoms with Gasteiger partial charge in [-0.3, -0.25) is 9.38 Å². The van der Waals surface area contributed by atoms with Gasteiger partial charge in [-0.25, -0.2) is 20.1 Å². The number of halogens is 1. The van der Waals surface area contributed by atoms with Crippen LogP contribution in [0.3, 0.4) is 0 Å². The van der Waals surface area contributed by atoms with Gasteiger partial charge in [-0.2, -0.15) is 0 Å². The van der Waals surface area contributed by atoms with Gasteiger partial charge in [0.05, 0.1) is 42.0 Å². The molecule has 7 rings (SSSR count). The highest BCUT2D eigenvalue weighted by molar-refractivity contribution is 5.85. The van der Waals surface area contributed by atoms with Crippen molar-refractivity contribution < 1.29 is 4.74 Å². The molecule has 1 saturated heterocycles. The summed E-state index contributed by atoms with van der Waals surface area (Å²) in [7, 11) is 0. The molecule has 1 aromatic carbocycles. The van der Waals surface area contributed by atoms with Crippen LogP contribution in [0.4, 0.5) is 5.82 Å². The maximum atomic E-state index is 5.56. The van der Waals surface area contributed by atoms with Crippen LogP contribution in [0, 0.1) is 0 Å². The first kappa shape index (κ1) is 24.6. The molecular formula is C27H23ClN10O. The fourth-order valence-corrected chi connectivity index (χ4v) is 4.61. The first-order valence-electron chi connectivity index (χ1n) is 12.3. The summed E-state index contributed by atoms with van der Waals surface area (Å²) in [6.07, 6.45) is 11.3. The second kappa shape index (κ2) is 10.6. The van der Waals surface area contributed by atoms with E-state index >= 15 is 0 Å². The molecule has 1 aliphatic rings. The van der Waals surface area contributed by atoms with E-state index in [-0.39, 0.29) is 12.4 Å². The first-order valence-corrected chi connectivity index (χ1v) is 12.3. The third kappa shape index (κ3) is 4.80. The van der Waals surface area contributed by atoms with Gasteiger partial charge in [0, 0.05) is 48.2 Å². The lowest BCUT2D eigenvalue weighted by Crippen LogP contribution is -2.37. The number of H-pyrrole nitrogens is 1. The summed E-state index contributed by atoms with van der Waals surface area (Å²) in [5, 5.41) is 15.3. The van der Waals surface area contributed by atoms with Gasteiger partial charge < -0.3 is 9.64 Å². The largest absolute Gasteiger partial charge is 0.378 e. The lowest BCUT2D eigenvalue weighted by atomic mass is 10.1. The topological polar surface area (TPSA) is 123 Å². The number of fused-ring (bicyclic) bond motifs is 2. The SMILES string of the molecule is C(=C\c1cn2c(-c3cncc(-c4nnn[nH]4)c3)cnc(N3CCOCC3)c2n1)/c1ccc2ccccc2n1.Cl. The van der Waals surface area contributed by atoms with E-state index in [0.29, 0.717) is 19.0 Å². The van der Waals surface area contributed by atoms with Gasteiger partial charge in [0.2, 0.25) is 0 Å². The molecule has 6 heterocycles. The molecule has 0 saturated carbocycles. The highest BCUT2D eigenvalue weighted by Gasteiger charge is 2.20. The smallest absolute Gasteiger partial charge is 0.181 e. The summed E-state index contributed by atoms with van der Waals surface area (Å²) in [6, 6.07) is 14.2. The van der Waals surface area contributed by atoms with E-state index in [4.69, 9.17) is 19.7 Å². The van der Waals surface area contributed by atoms with Crippen molar-refractivity contribution in [1.29, 1.82) is 0 Å². The molecule has 39 heavy (non-hydrogen) atoms. The molecule has 0 amide bonds. The van der Waals surface area contributed by atoms with Crippen LogP contribution in [0.25, 0.3) is 51.3 Å². The minimum Gasteiger partial charge on any atom is -0.378 e. The molecule has 0 aliphatic carbocycles. The minimum absolute atomic E-state index is 0. The number of tetrazole rings is 1. The number of para-hydroxylation sites is 1. The van der Waals surface area contributed by atoms with Crippen LogP contribution in [0.1, 0.15) is 11.4 Å². The van der Waals surface area contributed by atoms with Crippen LogP contribution < -0.4 is 4.90 Å². The number of morpholine rings is 1. The number of rotatable bonds is 5. The third-order valence-corrected chi connectivity index (χ3v) is 6.50. The Morgan fingerprint density at radius 2 is 1.74 bits per heavy atom. The van der Waals surface area contributed by atoms with Gasteiger partial charge in [-0.15, -0.1) is 17.5 Å². The van der Waals surface area contributed by atoms with Crippen molar-refractivity contribution in [3.8, 4) is 22.6 Å². The van der Waals surface area contributed by atoms with Crippen LogP contribution >= 0.6 is 12.4 Å². The Kier molecular flexibility index (Phi) is 6.66. The number of nitrogens with one attached hydrogen (secondary N) is 1. The fourth-order valence-electron chi connectivity index (χ4n) is 4.61. The van der Waals surface area contributed by atoms with Crippen LogP contribution in [-0.4, -0.2) is 71.3 Å². The van der Waals surface area contributed by atoms with Crippen molar-refractivity contribution in [3.63, 3.8) is 0 Å². The van der Waals surface area contributed by atoms with Gasteiger partial charge in [0.15, 0.2) is 17.3 Å².